The van der Waals surface area contributed by atoms with Gasteiger partial charge in [0, 0.05) is 11.6 Å². The van der Waals surface area contributed by atoms with E-state index in [1.807, 2.05) is 36.4 Å². The Kier molecular flexibility index (Phi) is 2.59. The minimum atomic E-state index is -0.363. The van der Waals surface area contributed by atoms with Gasteiger partial charge in [0.2, 0.25) is 0 Å². The van der Waals surface area contributed by atoms with E-state index in [1.54, 1.807) is 0 Å². The van der Waals surface area contributed by atoms with Crippen LogP contribution in [0.25, 0.3) is 0 Å². The van der Waals surface area contributed by atoms with Crippen molar-refractivity contribution in [1.82, 2.24) is 0 Å². The second-order valence-corrected chi connectivity index (χ2v) is 4.65. The summed E-state index contributed by atoms with van der Waals surface area (Å²) in [6.07, 6.45) is 6.21. The Balaban J connectivity index is 1.56. The molecule has 0 bridgehead atoms. The van der Waals surface area contributed by atoms with Crippen molar-refractivity contribution < 1.29 is 9.53 Å². The minimum absolute atomic E-state index is 0.0301. The summed E-state index contributed by atoms with van der Waals surface area (Å²) < 4.78 is 5.41. The molecule has 3 nitrogen and oxygen atoms in total. The summed E-state index contributed by atoms with van der Waals surface area (Å²) in [6.45, 7) is 0. The van der Waals surface area contributed by atoms with E-state index < -0.39 is 0 Å². The summed E-state index contributed by atoms with van der Waals surface area (Å²) >= 11 is 0. The molecule has 1 aromatic carbocycles. The van der Waals surface area contributed by atoms with E-state index in [1.165, 1.54) is 12.8 Å². The maximum Gasteiger partial charge on any atom is 0.412 e. The zero-order valence-corrected chi connectivity index (χ0v) is 9.50. The lowest BCUT2D eigenvalue weighted by molar-refractivity contribution is 0.0603. The topological polar surface area (TPSA) is 38.3 Å². The average molecular weight is 229 g/mol. The van der Waals surface area contributed by atoms with Gasteiger partial charge in [0.15, 0.2) is 0 Å². The number of para-hydroxylation sites is 1. The van der Waals surface area contributed by atoms with Crippen LogP contribution in [0.15, 0.2) is 42.5 Å². The van der Waals surface area contributed by atoms with Gasteiger partial charge in [-0.1, -0.05) is 24.3 Å². The lowest BCUT2D eigenvalue weighted by Gasteiger charge is -2.33. The van der Waals surface area contributed by atoms with Crippen molar-refractivity contribution >= 4 is 11.8 Å². The number of rotatable bonds is 2. The Morgan fingerprint density at radius 2 is 2.00 bits per heavy atom. The van der Waals surface area contributed by atoms with Gasteiger partial charge >= 0.3 is 6.09 Å². The number of carbonyl (C=O) groups excluding carboxylic acids is 1. The number of benzene rings is 1. The van der Waals surface area contributed by atoms with Crippen LogP contribution in [-0.2, 0) is 4.74 Å². The largest absolute Gasteiger partial charge is 0.441 e. The number of carbonyl (C=O) groups is 1. The SMILES string of the molecule is O=C(Nc1ccccc1)O[C@H]1C=C[C@@H]2CC[C@@H]21. The fourth-order valence-electron chi connectivity index (χ4n) is 2.51. The molecule has 1 N–H and O–H groups in total. The van der Waals surface area contributed by atoms with Gasteiger partial charge in [0.25, 0.3) is 0 Å². The summed E-state index contributed by atoms with van der Waals surface area (Å²) in [7, 11) is 0. The number of nitrogens with one attached hydrogen (secondary N) is 1. The van der Waals surface area contributed by atoms with Crippen molar-refractivity contribution in [3.8, 4) is 0 Å². The molecule has 88 valence electrons. The third-order valence-corrected chi connectivity index (χ3v) is 3.62. The van der Waals surface area contributed by atoms with E-state index in [0.717, 1.165) is 5.69 Å². The average Bonchev–Trinajstić information content (AvgIpc) is 2.54. The van der Waals surface area contributed by atoms with E-state index in [9.17, 15) is 4.79 Å². The zero-order valence-electron chi connectivity index (χ0n) is 9.50. The lowest BCUT2D eigenvalue weighted by Crippen LogP contribution is -2.33. The van der Waals surface area contributed by atoms with Crippen LogP contribution in [0.3, 0.4) is 0 Å². The van der Waals surface area contributed by atoms with E-state index in [-0.39, 0.29) is 12.2 Å². The second kappa shape index (κ2) is 4.24. The van der Waals surface area contributed by atoms with Gasteiger partial charge in [-0.15, -0.1) is 0 Å². The molecule has 0 aliphatic heterocycles. The first-order valence-electron chi connectivity index (χ1n) is 6.04. The molecule has 0 unspecified atom stereocenters. The number of anilines is 1. The standard InChI is InChI=1S/C14H15NO2/c16-14(15-11-4-2-1-3-5-11)17-13-9-7-10-6-8-12(10)13/h1-5,7,9-10,12-13H,6,8H2,(H,15,16)/t10-,12-,13-/m0/s1. The maximum absolute atomic E-state index is 11.7. The van der Waals surface area contributed by atoms with Gasteiger partial charge in [-0.25, -0.2) is 4.79 Å². The first kappa shape index (κ1) is 10.4. The smallest absolute Gasteiger partial charge is 0.412 e. The number of hydrogen-bond donors (Lipinski definition) is 1. The predicted molar refractivity (Wildman–Crippen MR) is 65.7 cm³/mol. The van der Waals surface area contributed by atoms with Crippen LogP contribution in [0.5, 0.6) is 0 Å². The highest BCUT2D eigenvalue weighted by molar-refractivity contribution is 5.84. The molecule has 1 aromatic rings. The number of fused-ring (bicyclic) bond motifs is 1. The Hall–Kier alpha value is -1.77. The molecule has 0 spiro atoms. The lowest BCUT2D eigenvalue weighted by atomic mass is 9.75. The van der Waals surface area contributed by atoms with Crippen molar-refractivity contribution in [2.45, 2.75) is 18.9 Å². The van der Waals surface area contributed by atoms with Gasteiger partial charge in [-0.05, 0) is 37.0 Å². The normalized spacial score (nSPS) is 29.3. The number of hydrogen-bond acceptors (Lipinski definition) is 2. The molecule has 1 amide bonds. The molecule has 2 aliphatic rings. The van der Waals surface area contributed by atoms with Crippen molar-refractivity contribution in [1.29, 1.82) is 0 Å². The fourth-order valence-corrected chi connectivity index (χ4v) is 2.51. The molecule has 1 fully saturated rings. The molecule has 3 heteroatoms. The van der Waals surface area contributed by atoms with Crippen molar-refractivity contribution in [3.63, 3.8) is 0 Å². The summed E-state index contributed by atoms with van der Waals surface area (Å²) in [4.78, 5) is 11.7. The van der Waals surface area contributed by atoms with Crippen LogP contribution in [0.4, 0.5) is 10.5 Å². The van der Waals surface area contributed by atoms with Crippen LogP contribution in [-0.4, -0.2) is 12.2 Å². The summed E-state index contributed by atoms with van der Waals surface area (Å²) in [5.74, 6) is 1.17. The first-order valence-corrected chi connectivity index (χ1v) is 6.04. The van der Waals surface area contributed by atoms with Crippen LogP contribution >= 0.6 is 0 Å². The third-order valence-electron chi connectivity index (χ3n) is 3.62. The van der Waals surface area contributed by atoms with Gasteiger partial charge in [-0.3, -0.25) is 5.32 Å². The van der Waals surface area contributed by atoms with Crippen LogP contribution in [0.1, 0.15) is 12.8 Å². The molecule has 3 atom stereocenters. The van der Waals surface area contributed by atoms with Crippen LogP contribution < -0.4 is 5.32 Å². The number of allylic oxidation sites excluding steroid dienone is 1. The summed E-state index contributed by atoms with van der Waals surface area (Å²) in [5.41, 5.74) is 0.768. The maximum atomic E-state index is 11.7. The van der Waals surface area contributed by atoms with Gasteiger partial charge < -0.3 is 4.74 Å². The highest BCUT2D eigenvalue weighted by Crippen LogP contribution is 2.43. The molecule has 1 saturated carbocycles. The molecule has 0 heterocycles. The quantitative estimate of drug-likeness (QED) is 0.791. The molecular weight excluding hydrogens is 214 g/mol. The Morgan fingerprint density at radius 3 is 2.65 bits per heavy atom. The Morgan fingerprint density at radius 1 is 1.18 bits per heavy atom. The summed E-state index contributed by atoms with van der Waals surface area (Å²) in [5, 5.41) is 2.73. The van der Waals surface area contributed by atoms with Crippen LogP contribution in [0.2, 0.25) is 0 Å². The van der Waals surface area contributed by atoms with Crippen molar-refractivity contribution in [2.24, 2.45) is 11.8 Å². The van der Waals surface area contributed by atoms with Crippen LogP contribution in [0, 0.1) is 11.8 Å². The summed E-state index contributed by atoms with van der Waals surface area (Å²) in [6, 6.07) is 9.37. The van der Waals surface area contributed by atoms with E-state index in [4.69, 9.17) is 4.74 Å². The molecular formula is C14H15NO2. The van der Waals surface area contributed by atoms with Crippen molar-refractivity contribution in [2.75, 3.05) is 5.32 Å². The zero-order chi connectivity index (χ0) is 11.7. The number of amides is 1. The second-order valence-electron chi connectivity index (χ2n) is 4.65. The highest BCUT2D eigenvalue weighted by atomic mass is 16.6. The van der Waals surface area contributed by atoms with E-state index >= 15 is 0 Å². The number of ether oxygens (including phenoxy) is 1. The monoisotopic (exact) mass is 229 g/mol. The molecule has 17 heavy (non-hydrogen) atoms. The molecule has 0 saturated heterocycles. The molecule has 2 aliphatic carbocycles. The van der Waals surface area contributed by atoms with Gasteiger partial charge in [0.05, 0.1) is 0 Å². The van der Waals surface area contributed by atoms with Gasteiger partial charge in [-0.2, -0.15) is 0 Å². The fraction of sp³-hybridized carbons (Fsp3) is 0.357. The molecule has 3 rings (SSSR count). The Bertz CT molecular complexity index is 441. The Labute approximate surface area is 100 Å². The van der Waals surface area contributed by atoms with Gasteiger partial charge in [0.1, 0.15) is 6.10 Å². The van der Waals surface area contributed by atoms with Crippen molar-refractivity contribution in [3.05, 3.63) is 42.5 Å². The van der Waals surface area contributed by atoms with E-state index in [0.29, 0.717) is 11.8 Å². The first-order chi connectivity index (χ1) is 8.33. The van der Waals surface area contributed by atoms with E-state index in [2.05, 4.69) is 11.4 Å². The molecule has 0 radical (unpaired) electrons. The third kappa shape index (κ3) is 2.05. The predicted octanol–water partition coefficient (Wildman–Crippen LogP) is 3.20. The molecule has 0 aromatic heterocycles. The minimum Gasteiger partial charge on any atom is -0.441 e. The highest BCUT2D eigenvalue weighted by Gasteiger charge is 2.40.